The van der Waals surface area contributed by atoms with Gasteiger partial charge in [0.2, 0.25) is 5.91 Å². The van der Waals surface area contributed by atoms with Gasteiger partial charge in [-0.3, -0.25) is 4.79 Å². The third-order valence-corrected chi connectivity index (χ3v) is 4.93. The van der Waals surface area contributed by atoms with Gasteiger partial charge >= 0.3 is 0 Å². The van der Waals surface area contributed by atoms with E-state index in [0.29, 0.717) is 6.42 Å². The molecule has 0 spiro atoms. The Morgan fingerprint density at radius 2 is 1.91 bits per heavy atom. The van der Waals surface area contributed by atoms with E-state index in [2.05, 4.69) is 5.32 Å². The Balaban J connectivity index is 1.82. The fraction of sp³-hybridized carbons (Fsp3) is 0.312. The highest BCUT2D eigenvalue weighted by Crippen LogP contribution is 2.11. The summed E-state index contributed by atoms with van der Waals surface area (Å²) in [5.41, 5.74) is 0. The van der Waals surface area contributed by atoms with E-state index in [1.54, 1.807) is 30.5 Å². The van der Waals surface area contributed by atoms with Crippen LogP contribution in [0.3, 0.4) is 0 Å². The molecule has 22 heavy (non-hydrogen) atoms. The van der Waals surface area contributed by atoms with E-state index < -0.39 is 9.84 Å². The van der Waals surface area contributed by atoms with Crippen LogP contribution in [0.5, 0.6) is 0 Å². The molecule has 1 N–H and O–H groups in total. The number of carbonyl (C=O) groups is 1. The average molecular weight is 321 g/mol. The first-order valence-electron chi connectivity index (χ1n) is 7.07. The summed E-state index contributed by atoms with van der Waals surface area (Å²) in [7, 11) is -3.42. The molecule has 0 aliphatic rings. The van der Waals surface area contributed by atoms with E-state index in [9.17, 15) is 13.2 Å². The van der Waals surface area contributed by atoms with E-state index >= 15 is 0 Å². The van der Waals surface area contributed by atoms with Crippen LogP contribution in [0.25, 0.3) is 0 Å². The Bertz CT molecular complexity index is 693. The van der Waals surface area contributed by atoms with Crippen LogP contribution >= 0.6 is 0 Å². The van der Waals surface area contributed by atoms with Gasteiger partial charge in [-0.1, -0.05) is 18.2 Å². The van der Waals surface area contributed by atoms with Crippen LogP contribution in [-0.2, 0) is 21.1 Å². The molecule has 0 fully saturated rings. The molecule has 1 unspecified atom stereocenters. The minimum Gasteiger partial charge on any atom is -0.469 e. The van der Waals surface area contributed by atoms with Crippen molar-refractivity contribution in [1.29, 1.82) is 0 Å². The van der Waals surface area contributed by atoms with Gasteiger partial charge in [0.15, 0.2) is 9.84 Å². The van der Waals surface area contributed by atoms with Gasteiger partial charge in [-0.05, 0) is 31.2 Å². The number of furan rings is 1. The van der Waals surface area contributed by atoms with Crippen LogP contribution in [0.15, 0.2) is 58.0 Å². The number of amides is 1. The fourth-order valence-corrected chi connectivity index (χ4v) is 3.36. The van der Waals surface area contributed by atoms with Crippen LogP contribution in [0.4, 0.5) is 0 Å². The molecule has 118 valence electrons. The van der Waals surface area contributed by atoms with Crippen molar-refractivity contribution in [3.8, 4) is 0 Å². The predicted octanol–water partition coefficient (Wildman–Crippen LogP) is 2.19. The van der Waals surface area contributed by atoms with E-state index in [4.69, 9.17) is 4.42 Å². The molecule has 2 aromatic rings. The molecule has 0 aliphatic carbocycles. The van der Waals surface area contributed by atoms with Gasteiger partial charge in [0, 0.05) is 18.9 Å². The molecule has 0 aliphatic heterocycles. The predicted molar refractivity (Wildman–Crippen MR) is 83.1 cm³/mol. The van der Waals surface area contributed by atoms with Crippen molar-refractivity contribution in [2.75, 3.05) is 5.75 Å². The summed E-state index contributed by atoms with van der Waals surface area (Å²) in [5.74, 6) is 0.305. The molecule has 0 saturated heterocycles. The lowest BCUT2D eigenvalue weighted by atomic mass is 10.2. The van der Waals surface area contributed by atoms with Gasteiger partial charge in [-0.15, -0.1) is 0 Å². The van der Waals surface area contributed by atoms with E-state index in [1.807, 2.05) is 13.0 Å². The topological polar surface area (TPSA) is 76.4 Å². The maximum atomic E-state index is 12.1. The van der Waals surface area contributed by atoms with Crippen molar-refractivity contribution in [3.05, 3.63) is 54.5 Å². The Morgan fingerprint density at radius 3 is 2.55 bits per heavy atom. The number of benzene rings is 1. The molecule has 1 heterocycles. The van der Waals surface area contributed by atoms with Gasteiger partial charge in [0.1, 0.15) is 5.76 Å². The number of carbonyl (C=O) groups excluding carboxylic acids is 1. The highest BCUT2D eigenvalue weighted by atomic mass is 32.2. The normalized spacial score (nSPS) is 12.8. The number of hydrogen-bond donors (Lipinski definition) is 1. The molecule has 1 atom stereocenters. The Morgan fingerprint density at radius 1 is 1.18 bits per heavy atom. The highest BCUT2D eigenvalue weighted by molar-refractivity contribution is 7.91. The Labute approximate surface area is 130 Å². The van der Waals surface area contributed by atoms with E-state index in [1.165, 1.54) is 12.1 Å². The van der Waals surface area contributed by atoms with Crippen LogP contribution in [0, 0.1) is 0 Å². The number of nitrogens with one attached hydrogen (secondary N) is 1. The highest BCUT2D eigenvalue weighted by Gasteiger charge is 2.17. The van der Waals surface area contributed by atoms with Crippen molar-refractivity contribution >= 4 is 15.7 Å². The van der Waals surface area contributed by atoms with Crippen molar-refractivity contribution in [2.24, 2.45) is 0 Å². The Kier molecular flexibility index (Phi) is 5.38. The maximum absolute atomic E-state index is 12.1. The second-order valence-corrected chi connectivity index (χ2v) is 7.24. The van der Waals surface area contributed by atoms with Gasteiger partial charge in [-0.25, -0.2) is 8.42 Å². The standard InChI is InChI=1S/C16H19NO4S/c1-13(12-14-6-5-10-21-14)17-16(18)9-11-22(19,20)15-7-3-2-4-8-15/h2-8,10,13H,9,11-12H2,1H3,(H,17,18). The zero-order valence-electron chi connectivity index (χ0n) is 12.4. The van der Waals surface area contributed by atoms with Crippen LogP contribution in [-0.4, -0.2) is 26.1 Å². The zero-order chi connectivity index (χ0) is 16.0. The quantitative estimate of drug-likeness (QED) is 0.848. The van der Waals surface area contributed by atoms with Crippen LogP contribution in [0.1, 0.15) is 19.1 Å². The minimum absolute atomic E-state index is 0.0558. The lowest BCUT2D eigenvalue weighted by Crippen LogP contribution is -2.34. The average Bonchev–Trinajstić information content (AvgIpc) is 2.99. The third kappa shape index (κ3) is 4.73. The molecule has 2 rings (SSSR count). The summed E-state index contributed by atoms with van der Waals surface area (Å²) in [6.45, 7) is 1.85. The molecular weight excluding hydrogens is 302 g/mol. The lowest BCUT2D eigenvalue weighted by Gasteiger charge is -2.12. The maximum Gasteiger partial charge on any atom is 0.221 e. The first-order chi connectivity index (χ1) is 10.5. The first kappa shape index (κ1) is 16.3. The van der Waals surface area contributed by atoms with Gasteiger partial charge in [0.05, 0.1) is 16.9 Å². The Hall–Kier alpha value is -2.08. The first-order valence-corrected chi connectivity index (χ1v) is 8.72. The molecule has 1 amide bonds. The van der Waals surface area contributed by atoms with Gasteiger partial charge in [-0.2, -0.15) is 0 Å². The van der Waals surface area contributed by atoms with Crippen molar-refractivity contribution < 1.29 is 17.6 Å². The van der Waals surface area contributed by atoms with Gasteiger partial charge in [0.25, 0.3) is 0 Å². The molecule has 1 aromatic carbocycles. The minimum atomic E-state index is -3.42. The smallest absolute Gasteiger partial charge is 0.221 e. The van der Waals surface area contributed by atoms with Crippen LogP contribution in [0.2, 0.25) is 0 Å². The summed E-state index contributed by atoms with van der Waals surface area (Å²) < 4.78 is 29.4. The van der Waals surface area contributed by atoms with Crippen molar-refractivity contribution in [3.63, 3.8) is 0 Å². The molecule has 0 saturated carbocycles. The lowest BCUT2D eigenvalue weighted by molar-refractivity contribution is -0.121. The summed E-state index contributed by atoms with van der Waals surface area (Å²) >= 11 is 0. The molecular formula is C16H19NO4S. The summed E-state index contributed by atoms with van der Waals surface area (Å²) in [6.07, 6.45) is 2.10. The number of sulfone groups is 1. The van der Waals surface area contributed by atoms with E-state index in [0.717, 1.165) is 5.76 Å². The number of rotatable bonds is 7. The molecule has 1 aromatic heterocycles. The molecule has 6 heteroatoms. The molecule has 0 bridgehead atoms. The van der Waals surface area contributed by atoms with Gasteiger partial charge < -0.3 is 9.73 Å². The second-order valence-electron chi connectivity index (χ2n) is 5.13. The van der Waals surface area contributed by atoms with E-state index in [-0.39, 0.29) is 29.0 Å². The molecule has 5 nitrogen and oxygen atoms in total. The number of hydrogen-bond acceptors (Lipinski definition) is 4. The summed E-state index contributed by atoms with van der Waals surface area (Å²) in [4.78, 5) is 12.1. The zero-order valence-corrected chi connectivity index (χ0v) is 13.2. The molecule has 0 radical (unpaired) electrons. The van der Waals surface area contributed by atoms with Crippen molar-refractivity contribution in [2.45, 2.75) is 30.7 Å². The summed E-state index contributed by atoms with van der Waals surface area (Å²) in [5, 5.41) is 2.78. The second kappa shape index (κ2) is 7.26. The van der Waals surface area contributed by atoms with Crippen molar-refractivity contribution in [1.82, 2.24) is 5.32 Å². The third-order valence-electron chi connectivity index (χ3n) is 3.20. The fourth-order valence-electron chi connectivity index (χ4n) is 2.10. The monoisotopic (exact) mass is 321 g/mol. The summed E-state index contributed by atoms with van der Waals surface area (Å²) in [6, 6.07) is 11.7. The van der Waals surface area contributed by atoms with Crippen LogP contribution < -0.4 is 5.32 Å². The SMILES string of the molecule is CC(Cc1ccco1)NC(=O)CCS(=O)(=O)c1ccccc1. The largest absolute Gasteiger partial charge is 0.469 e.